The molecule has 0 atom stereocenters. The molecule has 0 saturated heterocycles. The number of hydrogen-bond donors (Lipinski definition) is 1. The van der Waals surface area contributed by atoms with Crippen LogP contribution in [0.4, 0.5) is 5.69 Å². The molecule has 2 heterocycles. The molecule has 0 saturated carbocycles. The van der Waals surface area contributed by atoms with Crippen molar-refractivity contribution in [3.05, 3.63) is 96.5 Å². The number of anilines is 1. The number of rotatable bonds is 7. The predicted molar refractivity (Wildman–Crippen MR) is 103 cm³/mol. The fourth-order valence-corrected chi connectivity index (χ4v) is 2.71. The van der Waals surface area contributed by atoms with Crippen LogP contribution in [0, 0.1) is 0 Å². The Balaban J connectivity index is 1.38. The standard InChI is InChI=1S/C21H18N4O3/c26-21(20-17(10-11-27-20)13-28-19-4-2-1-3-5-19)24-18-8-6-16(7-9-18)12-25-15-22-14-23-25/h1-11,14-15H,12-13H2,(H,24,26). The van der Waals surface area contributed by atoms with Gasteiger partial charge in [-0.2, -0.15) is 5.10 Å². The van der Waals surface area contributed by atoms with Crippen molar-refractivity contribution in [2.24, 2.45) is 0 Å². The van der Waals surface area contributed by atoms with Crippen LogP contribution < -0.4 is 10.1 Å². The van der Waals surface area contributed by atoms with Gasteiger partial charge in [-0.3, -0.25) is 4.79 Å². The lowest BCUT2D eigenvalue weighted by atomic mass is 10.2. The molecule has 7 heteroatoms. The highest BCUT2D eigenvalue weighted by molar-refractivity contribution is 6.03. The summed E-state index contributed by atoms with van der Waals surface area (Å²) < 4.78 is 12.8. The predicted octanol–water partition coefficient (Wildman–Crippen LogP) is 3.75. The fraction of sp³-hybridized carbons (Fsp3) is 0.0952. The van der Waals surface area contributed by atoms with Crippen molar-refractivity contribution in [3.8, 4) is 5.75 Å². The van der Waals surface area contributed by atoms with Gasteiger partial charge in [0.1, 0.15) is 25.0 Å². The Morgan fingerprint density at radius 2 is 1.89 bits per heavy atom. The molecule has 2 aromatic heterocycles. The van der Waals surface area contributed by atoms with E-state index in [0.717, 1.165) is 11.3 Å². The number of ether oxygens (including phenoxy) is 1. The molecular formula is C21H18N4O3. The van der Waals surface area contributed by atoms with E-state index in [4.69, 9.17) is 9.15 Å². The maximum atomic E-state index is 12.6. The number of aromatic nitrogens is 3. The van der Waals surface area contributed by atoms with Crippen LogP contribution in [-0.4, -0.2) is 20.7 Å². The first-order chi connectivity index (χ1) is 13.8. The first-order valence-corrected chi connectivity index (χ1v) is 8.75. The Labute approximate surface area is 161 Å². The lowest BCUT2D eigenvalue weighted by molar-refractivity contribution is 0.0993. The van der Waals surface area contributed by atoms with Crippen LogP contribution in [-0.2, 0) is 13.2 Å². The second-order valence-electron chi connectivity index (χ2n) is 6.12. The summed E-state index contributed by atoms with van der Waals surface area (Å²) in [5, 5.41) is 6.92. The quantitative estimate of drug-likeness (QED) is 0.533. The van der Waals surface area contributed by atoms with Gasteiger partial charge in [-0.15, -0.1) is 0 Å². The van der Waals surface area contributed by atoms with Gasteiger partial charge in [-0.05, 0) is 35.9 Å². The summed E-state index contributed by atoms with van der Waals surface area (Å²) in [7, 11) is 0. The van der Waals surface area contributed by atoms with Gasteiger partial charge in [0.05, 0.1) is 12.8 Å². The highest BCUT2D eigenvalue weighted by Crippen LogP contribution is 2.18. The van der Waals surface area contributed by atoms with E-state index in [-0.39, 0.29) is 18.3 Å². The number of para-hydroxylation sites is 1. The van der Waals surface area contributed by atoms with Crippen molar-refractivity contribution in [3.63, 3.8) is 0 Å². The topological polar surface area (TPSA) is 82.2 Å². The van der Waals surface area contributed by atoms with Gasteiger partial charge in [0.25, 0.3) is 5.91 Å². The summed E-state index contributed by atoms with van der Waals surface area (Å²) in [4.78, 5) is 16.5. The van der Waals surface area contributed by atoms with E-state index in [1.807, 2.05) is 54.6 Å². The lowest BCUT2D eigenvalue weighted by Gasteiger charge is -2.08. The van der Waals surface area contributed by atoms with E-state index in [0.29, 0.717) is 17.8 Å². The molecule has 0 aliphatic carbocycles. The largest absolute Gasteiger partial charge is 0.489 e. The van der Waals surface area contributed by atoms with E-state index < -0.39 is 0 Å². The molecule has 0 fully saturated rings. The van der Waals surface area contributed by atoms with Gasteiger partial charge in [0.2, 0.25) is 0 Å². The number of furan rings is 1. The molecule has 140 valence electrons. The third kappa shape index (κ3) is 4.27. The number of carbonyl (C=O) groups excluding carboxylic acids is 1. The van der Waals surface area contributed by atoms with Crippen molar-refractivity contribution in [1.29, 1.82) is 0 Å². The number of carbonyl (C=O) groups is 1. The first-order valence-electron chi connectivity index (χ1n) is 8.75. The van der Waals surface area contributed by atoms with Crippen molar-refractivity contribution >= 4 is 11.6 Å². The van der Waals surface area contributed by atoms with Gasteiger partial charge < -0.3 is 14.5 Å². The lowest BCUT2D eigenvalue weighted by Crippen LogP contribution is -2.13. The van der Waals surface area contributed by atoms with Gasteiger partial charge >= 0.3 is 0 Å². The van der Waals surface area contributed by atoms with Crippen molar-refractivity contribution in [1.82, 2.24) is 14.8 Å². The average Bonchev–Trinajstić information content (AvgIpc) is 3.40. The summed E-state index contributed by atoms with van der Waals surface area (Å²) in [5.41, 5.74) is 2.42. The molecular weight excluding hydrogens is 356 g/mol. The summed E-state index contributed by atoms with van der Waals surface area (Å²) >= 11 is 0. The molecule has 0 aliphatic heterocycles. The third-order valence-corrected chi connectivity index (χ3v) is 4.11. The van der Waals surface area contributed by atoms with E-state index >= 15 is 0 Å². The minimum atomic E-state index is -0.319. The average molecular weight is 374 g/mol. The Hall–Kier alpha value is -3.87. The van der Waals surface area contributed by atoms with Crippen LogP contribution in [0.15, 0.2) is 84.0 Å². The Bertz CT molecular complexity index is 1030. The van der Waals surface area contributed by atoms with E-state index in [2.05, 4.69) is 15.4 Å². The minimum Gasteiger partial charge on any atom is -0.489 e. The third-order valence-electron chi connectivity index (χ3n) is 4.11. The molecule has 0 spiro atoms. The van der Waals surface area contributed by atoms with Gasteiger partial charge in [0.15, 0.2) is 5.76 Å². The van der Waals surface area contributed by atoms with Crippen molar-refractivity contribution in [2.45, 2.75) is 13.2 Å². The van der Waals surface area contributed by atoms with E-state index in [1.165, 1.54) is 12.6 Å². The molecule has 0 aliphatic rings. The number of nitrogens with one attached hydrogen (secondary N) is 1. The van der Waals surface area contributed by atoms with Gasteiger partial charge in [0, 0.05) is 11.3 Å². The zero-order chi connectivity index (χ0) is 19.2. The maximum absolute atomic E-state index is 12.6. The number of benzene rings is 2. The normalized spacial score (nSPS) is 10.6. The summed E-state index contributed by atoms with van der Waals surface area (Å²) in [5.74, 6) is 0.654. The summed E-state index contributed by atoms with van der Waals surface area (Å²) in [6, 6.07) is 18.7. The zero-order valence-electron chi connectivity index (χ0n) is 15.0. The Morgan fingerprint density at radius 1 is 1.07 bits per heavy atom. The molecule has 1 amide bonds. The molecule has 2 aromatic carbocycles. The van der Waals surface area contributed by atoms with Crippen LogP contribution in [0.2, 0.25) is 0 Å². The maximum Gasteiger partial charge on any atom is 0.291 e. The Kier molecular flexibility index (Phi) is 5.15. The zero-order valence-corrected chi connectivity index (χ0v) is 15.0. The van der Waals surface area contributed by atoms with Crippen LogP contribution in [0.1, 0.15) is 21.7 Å². The van der Waals surface area contributed by atoms with Crippen LogP contribution in [0.3, 0.4) is 0 Å². The number of hydrogen-bond acceptors (Lipinski definition) is 5. The van der Waals surface area contributed by atoms with Crippen molar-refractivity contribution in [2.75, 3.05) is 5.32 Å². The van der Waals surface area contributed by atoms with Crippen LogP contribution in [0.5, 0.6) is 5.75 Å². The molecule has 0 unspecified atom stereocenters. The monoisotopic (exact) mass is 374 g/mol. The molecule has 7 nitrogen and oxygen atoms in total. The molecule has 28 heavy (non-hydrogen) atoms. The van der Waals surface area contributed by atoms with Gasteiger partial charge in [-0.25, -0.2) is 9.67 Å². The number of amides is 1. The molecule has 4 aromatic rings. The summed E-state index contributed by atoms with van der Waals surface area (Å²) in [6.45, 7) is 0.869. The fourth-order valence-electron chi connectivity index (χ4n) is 2.71. The highest BCUT2D eigenvalue weighted by atomic mass is 16.5. The minimum absolute atomic E-state index is 0.239. The highest BCUT2D eigenvalue weighted by Gasteiger charge is 2.16. The van der Waals surface area contributed by atoms with Crippen LogP contribution in [0.25, 0.3) is 0 Å². The van der Waals surface area contributed by atoms with Crippen LogP contribution >= 0.6 is 0 Å². The second-order valence-corrected chi connectivity index (χ2v) is 6.12. The van der Waals surface area contributed by atoms with Gasteiger partial charge in [-0.1, -0.05) is 30.3 Å². The van der Waals surface area contributed by atoms with E-state index in [9.17, 15) is 4.79 Å². The Morgan fingerprint density at radius 3 is 2.64 bits per heavy atom. The first kappa shape index (κ1) is 17.5. The summed E-state index contributed by atoms with van der Waals surface area (Å²) in [6.07, 6.45) is 4.64. The van der Waals surface area contributed by atoms with E-state index in [1.54, 1.807) is 17.1 Å². The second kappa shape index (κ2) is 8.22. The SMILES string of the molecule is O=C(Nc1ccc(Cn2cncn2)cc1)c1occc1COc1ccccc1. The smallest absolute Gasteiger partial charge is 0.291 e. The molecule has 0 radical (unpaired) electrons. The molecule has 0 bridgehead atoms. The molecule has 4 rings (SSSR count). The number of nitrogens with zero attached hydrogens (tertiary/aromatic N) is 3. The molecule has 1 N–H and O–H groups in total. The van der Waals surface area contributed by atoms with Crippen molar-refractivity contribution < 1.29 is 13.9 Å².